The molecule has 2 rings (SSSR count). The Hall–Kier alpha value is -0.920. The van der Waals surface area contributed by atoms with E-state index >= 15 is 0 Å². The molecule has 7 heteroatoms. The fraction of sp³-hybridized carbons (Fsp3) is 0.625. The Balaban J connectivity index is 2.04. The average molecular weight is 231 g/mol. The number of nitrogens with one attached hydrogen (secondary N) is 2. The highest BCUT2D eigenvalue weighted by molar-refractivity contribution is 7.89. The van der Waals surface area contributed by atoms with Crippen molar-refractivity contribution in [2.24, 2.45) is 0 Å². The summed E-state index contributed by atoms with van der Waals surface area (Å²) in [5, 5.41) is 6.15. The summed E-state index contributed by atoms with van der Waals surface area (Å²) in [5.74, 6) is 0. The molecule has 1 aliphatic heterocycles. The van der Waals surface area contributed by atoms with Crippen molar-refractivity contribution in [3.63, 3.8) is 0 Å². The van der Waals surface area contributed by atoms with Crippen LogP contribution in [-0.2, 0) is 14.8 Å². The van der Waals surface area contributed by atoms with E-state index in [-0.39, 0.29) is 11.1 Å². The zero-order chi connectivity index (χ0) is 10.7. The lowest BCUT2D eigenvalue weighted by Gasteiger charge is -2.22. The predicted molar refractivity (Wildman–Crippen MR) is 52.8 cm³/mol. The minimum Gasteiger partial charge on any atom is -0.381 e. The number of hydrogen-bond acceptors (Lipinski definition) is 4. The first kappa shape index (κ1) is 10.6. The summed E-state index contributed by atoms with van der Waals surface area (Å²) < 4.78 is 31.2. The molecule has 1 fully saturated rings. The maximum Gasteiger partial charge on any atom is 0.257 e. The molecule has 0 saturated carbocycles. The highest BCUT2D eigenvalue weighted by Crippen LogP contribution is 2.10. The number of hydrogen-bond donors (Lipinski definition) is 2. The lowest BCUT2D eigenvalue weighted by Crippen LogP contribution is -2.38. The van der Waals surface area contributed by atoms with Crippen LogP contribution in [0.4, 0.5) is 0 Å². The Morgan fingerprint density at radius 3 is 2.80 bits per heavy atom. The van der Waals surface area contributed by atoms with E-state index in [9.17, 15) is 8.42 Å². The molecule has 0 unspecified atom stereocenters. The lowest BCUT2D eigenvalue weighted by atomic mass is 10.1. The van der Waals surface area contributed by atoms with E-state index in [2.05, 4.69) is 14.9 Å². The Labute approximate surface area is 88.1 Å². The fourth-order valence-corrected chi connectivity index (χ4v) is 2.71. The zero-order valence-electron chi connectivity index (χ0n) is 8.14. The molecular weight excluding hydrogens is 218 g/mol. The molecule has 0 aliphatic carbocycles. The second kappa shape index (κ2) is 4.30. The van der Waals surface area contributed by atoms with E-state index in [0.717, 1.165) is 0 Å². The highest BCUT2D eigenvalue weighted by atomic mass is 32.2. The van der Waals surface area contributed by atoms with Crippen molar-refractivity contribution in [2.45, 2.75) is 23.9 Å². The van der Waals surface area contributed by atoms with E-state index < -0.39 is 10.0 Å². The molecule has 1 aromatic rings. The van der Waals surface area contributed by atoms with Gasteiger partial charge in [0.05, 0.1) is 6.20 Å². The third-order valence-corrected chi connectivity index (χ3v) is 3.76. The van der Waals surface area contributed by atoms with Gasteiger partial charge in [0.25, 0.3) is 10.0 Å². The first-order chi connectivity index (χ1) is 7.18. The van der Waals surface area contributed by atoms with Crippen molar-refractivity contribution in [1.82, 2.24) is 14.9 Å². The molecule has 2 N–H and O–H groups in total. The average Bonchev–Trinajstić information content (AvgIpc) is 2.71. The quantitative estimate of drug-likeness (QED) is 0.758. The van der Waals surface area contributed by atoms with Gasteiger partial charge in [-0.05, 0) is 18.9 Å². The van der Waals surface area contributed by atoms with Crippen molar-refractivity contribution >= 4 is 10.0 Å². The van der Waals surface area contributed by atoms with Crippen LogP contribution in [0.3, 0.4) is 0 Å². The van der Waals surface area contributed by atoms with Crippen LogP contribution in [0.15, 0.2) is 17.3 Å². The van der Waals surface area contributed by atoms with E-state index in [0.29, 0.717) is 26.1 Å². The largest absolute Gasteiger partial charge is 0.381 e. The van der Waals surface area contributed by atoms with Crippen LogP contribution in [0.25, 0.3) is 0 Å². The highest BCUT2D eigenvalue weighted by Gasteiger charge is 2.22. The Kier molecular flexibility index (Phi) is 3.03. The Bertz CT molecular complexity index is 395. The van der Waals surface area contributed by atoms with E-state index in [1.807, 2.05) is 0 Å². The van der Waals surface area contributed by atoms with Crippen LogP contribution in [0, 0.1) is 0 Å². The summed E-state index contributed by atoms with van der Waals surface area (Å²) >= 11 is 0. The van der Waals surface area contributed by atoms with E-state index in [4.69, 9.17) is 4.74 Å². The number of sulfonamides is 1. The molecule has 15 heavy (non-hydrogen) atoms. The number of H-pyrrole nitrogens is 1. The summed E-state index contributed by atoms with van der Waals surface area (Å²) in [6.07, 6.45) is 2.85. The smallest absolute Gasteiger partial charge is 0.257 e. The van der Waals surface area contributed by atoms with Gasteiger partial charge in [0, 0.05) is 19.3 Å². The van der Waals surface area contributed by atoms with Gasteiger partial charge in [0.15, 0.2) is 5.03 Å². The molecule has 0 bridgehead atoms. The summed E-state index contributed by atoms with van der Waals surface area (Å²) in [7, 11) is -3.44. The molecular formula is C8H13N3O3S. The van der Waals surface area contributed by atoms with Gasteiger partial charge in [0.1, 0.15) is 0 Å². The second-order valence-corrected chi connectivity index (χ2v) is 5.11. The van der Waals surface area contributed by atoms with Crippen molar-refractivity contribution in [3.05, 3.63) is 12.3 Å². The van der Waals surface area contributed by atoms with E-state index in [1.165, 1.54) is 12.3 Å². The van der Waals surface area contributed by atoms with Gasteiger partial charge < -0.3 is 4.74 Å². The van der Waals surface area contributed by atoms with Crippen molar-refractivity contribution < 1.29 is 13.2 Å². The molecule has 1 saturated heterocycles. The van der Waals surface area contributed by atoms with Crippen molar-refractivity contribution in [3.8, 4) is 0 Å². The molecule has 1 aliphatic rings. The van der Waals surface area contributed by atoms with Crippen LogP contribution in [0.1, 0.15) is 12.8 Å². The van der Waals surface area contributed by atoms with E-state index in [1.54, 1.807) is 0 Å². The molecule has 0 radical (unpaired) electrons. The van der Waals surface area contributed by atoms with Gasteiger partial charge in [-0.2, -0.15) is 5.10 Å². The van der Waals surface area contributed by atoms with Crippen LogP contribution >= 0.6 is 0 Å². The third-order valence-electron chi connectivity index (χ3n) is 2.31. The van der Waals surface area contributed by atoms with Crippen molar-refractivity contribution in [1.29, 1.82) is 0 Å². The molecule has 1 aromatic heterocycles. The normalized spacial score (nSPS) is 19.2. The Morgan fingerprint density at radius 1 is 1.47 bits per heavy atom. The number of ether oxygens (including phenoxy) is 1. The van der Waals surface area contributed by atoms with Gasteiger partial charge in [-0.1, -0.05) is 0 Å². The van der Waals surface area contributed by atoms with Crippen LogP contribution in [-0.4, -0.2) is 37.9 Å². The van der Waals surface area contributed by atoms with Gasteiger partial charge >= 0.3 is 0 Å². The predicted octanol–water partition coefficient (Wildman–Crippen LogP) is -0.133. The van der Waals surface area contributed by atoms with Crippen LogP contribution in [0.2, 0.25) is 0 Å². The number of aromatic nitrogens is 2. The van der Waals surface area contributed by atoms with Gasteiger partial charge in [-0.25, -0.2) is 13.1 Å². The van der Waals surface area contributed by atoms with Crippen molar-refractivity contribution in [2.75, 3.05) is 13.2 Å². The summed E-state index contributed by atoms with van der Waals surface area (Å²) in [5.41, 5.74) is 0. The standard InChI is InChI=1S/C8H13N3O3S/c12-15(13,8-1-4-9-10-8)11-7-2-5-14-6-3-7/h1,4,7,11H,2-3,5-6H2,(H,9,10). The molecule has 0 aromatic carbocycles. The van der Waals surface area contributed by atoms with Gasteiger partial charge in [0.2, 0.25) is 0 Å². The van der Waals surface area contributed by atoms with Crippen LogP contribution in [0.5, 0.6) is 0 Å². The maximum atomic E-state index is 11.7. The summed E-state index contributed by atoms with van der Waals surface area (Å²) in [6.45, 7) is 1.21. The number of aromatic amines is 1. The van der Waals surface area contributed by atoms with Gasteiger partial charge in [-0.3, -0.25) is 5.10 Å². The summed E-state index contributed by atoms with van der Waals surface area (Å²) in [6, 6.07) is 1.40. The third kappa shape index (κ3) is 2.55. The topological polar surface area (TPSA) is 84.1 Å². The maximum absolute atomic E-state index is 11.7. The number of rotatable bonds is 3. The molecule has 2 heterocycles. The monoisotopic (exact) mass is 231 g/mol. The Morgan fingerprint density at radius 2 is 2.20 bits per heavy atom. The molecule has 6 nitrogen and oxygen atoms in total. The van der Waals surface area contributed by atoms with Gasteiger partial charge in [-0.15, -0.1) is 0 Å². The van der Waals surface area contributed by atoms with Crippen LogP contribution < -0.4 is 4.72 Å². The lowest BCUT2D eigenvalue weighted by molar-refractivity contribution is 0.0832. The minimum atomic E-state index is -3.44. The zero-order valence-corrected chi connectivity index (χ0v) is 8.96. The first-order valence-corrected chi connectivity index (χ1v) is 6.26. The molecule has 84 valence electrons. The second-order valence-electron chi connectivity index (χ2n) is 3.43. The number of nitrogens with zero attached hydrogens (tertiary/aromatic N) is 1. The molecule has 0 atom stereocenters. The SMILES string of the molecule is O=S(=O)(NC1CCOCC1)c1ccn[nH]1. The fourth-order valence-electron chi connectivity index (χ4n) is 1.49. The summed E-state index contributed by atoms with van der Waals surface area (Å²) in [4.78, 5) is 0. The minimum absolute atomic E-state index is 0.0351. The molecule has 0 amide bonds. The molecule has 0 spiro atoms. The first-order valence-electron chi connectivity index (χ1n) is 4.78.